The Morgan fingerprint density at radius 2 is 1.92 bits per heavy atom. The fourth-order valence-electron chi connectivity index (χ4n) is 3.59. The Bertz CT molecular complexity index is 548. The number of β-amino-alcohol motifs (C(OH)–C–C–N with tert-alkyl or cyclic N) is 1. The molecule has 2 heterocycles. The first kappa shape index (κ1) is 18.3. The number of rotatable bonds is 5. The van der Waals surface area contributed by atoms with Crippen LogP contribution in [-0.4, -0.2) is 90.8 Å². The molecule has 0 saturated carbocycles. The summed E-state index contributed by atoms with van der Waals surface area (Å²) < 4.78 is 5.31. The molecule has 0 aliphatic carbocycles. The van der Waals surface area contributed by atoms with Crippen LogP contribution in [0.5, 0.6) is 0 Å². The summed E-state index contributed by atoms with van der Waals surface area (Å²) in [4.78, 5) is 18.8. The van der Waals surface area contributed by atoms with Crippen LogP contribution < -0.4 is 0 Å². The number of amides is 1. The van der Waals surface area contributed by atoms with Crippen molar-refractivity contribution in [2.75, 3.05) is 59.0 Å². The number of aliphatic hydroxyl groups excluding tert-OH is 1. The van der Waals surface area contributed by atoms with E-state index in [2.05, 4.69) is 16.7 Å². The summed E-state index contributed by atoms with van der Waals surface area (Å²) in [6.45, 7) is 8.59. The molecule has 2 fully saturated rings. The van der Waals surface area contributed by atoms with E-state index in [4.69, 9.17) is 4.74 Å². The first-order valence-electron chi connectivity index (χ1n) is 9.18. The van der Waals surface area contributed by atoms with Gasteiger partial charge in [-0.1, -0.05) is 30.3 Å². The topological polar surface area (TPSA) is 56.2 Å². The number of benzene rings is 1. The van der Waals surface area contributed by atoms with E-state index >= 15 is 0 Å². The van der Waals surface area contributed by atoms with E-state index in [0.717, 1.165) is 25.2 Å². The van der Waals surface area contributed by atoms with Crippen LogP contribution in [-0.2, 0) is 9.53 Å². The van der Waals surface area contributed by atoms with Gasteiger partial charge in [0, 0.05) is 45.3 Å². The van der Waals surface area contributed by atoms with Gasteiger partial charge in [-0.05, 0) is 12.5 Å². The first-order valence-corrected chi connectivity index (χ1v) is 9.18. The van der Waals surface area contributed by atoms with Crippen molar-refractivity contribution >= 4 is 5.91 Å². The fourth-order valence-corrected chi connectivity index (χ4v) is 3.59. The van der Waals surface area contributed by atoms with Crippen molar-refractivity contribution in [2.45, 2.75) is 19.1 Å². The van der Waals surface area contributed by atoms with Gasteiger partial charge in [0.1, 0.15) is 0 Å². The lowest BCUT2D eigenvalue weighted by Gasteiger charge is -2.41. The number of nitrogens with zero attached hydrogens (tertiary/aromatic N) is 3. The Morgan fingerprint density at radius 3 is 2.60 bits per heavy atom. The summed E-state index contributed by atoms with van der Waals surface area (Å²) in [5.41, 5.74) is 0.958. The lowest BCUT2D eigenvalue weighted by molar-refractivity contribution is -0.137. The Balaban J connectivity index is 1.46. The van der Waals surface area contributed by atoms with E-state index < -0.39 is 6.10 Å². The average molecular weight is 347 g/mol. The van der Waals surface area contributed by atoms with Crippen LogP contribution in [0.2, 0.25) is 0 Å². The van der Waals surface area contributed by atoms with E-state index in [1.807, 2.05) is 35.2 Å². The standard InChI is InChI=1S/C19H29N3O3/c1-16-13-20(15-19(24)21-9-11-25-12-10-21)7-8-22(16)14-18(23)17-5-3-2-4-6-17/h2-6,16,18,23H,7-15H2,1H3/t16-,18+/m0/s1. The van der Waals surface area contributed by atoms with Crippen LogP contribution in [0.25, 0.3) is 0 Å². The van der Waals surface area contributed by atoms with Gasteiger partial charge in [0.15, 0.2) is 0 Å². The molecule has 1 aromatic carbocycles. The van der Waals surface area contributed by atoms with Crippen molar-refractivity contribution in [1.82, 2.24) is 14.7 Å². The Hall–Kier alpha value is -1.47. The molecule has 0 aromatic heterocycles. The minimum atomic E-state index is -0.467. The van der Waals surface area contributed by atoms with Crippen molar-refractivity contribution in [1.29, 1.82) is 0 Å². The highest BCUT2D eigenvalue weighted by Gasteiger charge is 2.28. The average Bonchev–Trinajstić information content (AvgIpc) is 2.65. The third-order valence-electron chi connectivity index (χ3n) is 5.16. The smallest absolute Gasteiger partial charge is 0.236 e. The summed E-state index contributed by atoms with van der Waals surface area (Å²) in [5.74, 6) is 0.202. The molecule has 2 aliphatic heterocycles. The predicted octanol–water partition coefficient (Wildman–Crippen LogP) is 0.585. The predicted molar refractivity (Wildman–Crippen MR) is 96.3 cm³/mol. The molecule has 0 radical (unpaired) electrons. The van der Waals surface area contributed by atoms with Crippen molar-refractivity contribution < 1.29 is 14.6 Å². The molecular weight excluding hydrogens is 318 g/mol. The van der Waals surface area contributed by atoms with E-state index in [-0.39, 0.29) is 5.91 Å². The molecule has 6 nitrogen and oxygen atoms in total. The summed E-state index contributed by atoms with van der Waals surface area (Å²) in [7, 11) is 0. The summed E-state index contributed by atoms with van der Waals surface area (Å²) in [6, 6.07) is 10.1. The molecular formula is C19H29N3O3. The molecule has 0 unspecified atom stereocenters. The first-order chi connectivity index (χ1) is 12.1. The Kier molecular flexibility index (Phi) is 6.42. The van der Waals surface area contributed by atoms with E-state index in [1.165, 1.54) is 0 Å². The molecule has 25 heavy (non-hydrogen) atoms. The van der Waals surface area contributed by atoms with Crippen LogP contribution in [0, 0.1) is 0 Å². The minimum absolute atomic E-state index is 0.202. The van der Waals surface area contributed by atoms with Gasteiger partial charge in [-0.15, -0.1) is 0 Å². The molecule has 1 amide bonds. The zero-order chi connectivity index (χ0) is 17.6. The fraction of sp³-hybridized carbons (Fsp3) is 0.632. The van der Waals surface area contributed by atoms with Gasteiger partial charge in [-0.3, -0.25) is 14.6 Å². The molecule has 1 N–H and O–H groups in total. The van der Waals surface area contributed by atoms with Gasteiger partial charge >= 0.3 is 0 Å². The molecule has 1 aromatic rings. The second kappa shape index (κ2) is 8.76. The number of ether oxygens (including phenoxy) is 1. The van der Waals surface area contributed by atoms with Crippen LogP contribution in [0.4, 0.5) is 0 Å². The van der Waals surface area contributed by atoms with Gasteiger partial charge in [-0.2, -0.15) is 0 Å². The second-order valence-electron chi connectivity index (χ2n) is 7.00. The molecule has 2 atom stereocenters. The number of piperazine rings is 1. The third-order valence-corrected chi connectivity index (χ3v) is 5.16. The van der Waals surface area contributed by atoms with E-state index in [0.29, 0.717) is 45.4 Å². The van der Waals surface area contributed by atoms with Crippen LogP contribution in [0.15, 0.2) is 30.3 Å². The Morgan fingerprint density at radius 1 is 1.20 bits per heavy atom. The second-order valence-corrected chi connectivity index (χ2v) is 7.00. The zero-order valence-electron chi connectivity index (χ0n) is 15.0. The van der Waals surface area contributed by atoms with Gasteiger partial charge in [-0.25, -0.2) is 0 Å². The van der Waals surface area contributed by atoms with Gasteiger partial charge in [0.2, 0.25) is 5.91 Å². The Labute approximate surface area is 150 Å². The maximum atomic E-state index is 12.4. The van der Waals surface area contributed by atoms with Crippen LogP contribution in [0.3, 0.4) is 0 Å². The lowest BCUT2D eigenvalue weighted by Crippen LogP contribution is -2.55. The molecule has 3 rings (SSSR count). The van der Waals surface area contributed by atoms with Crippen LogP contribution >= 0.6 is 0 Å². The highest BCUT2D eigenvalue weighted by molar-refractivity contribution is 5.78. The van der Waals surface area contributed by atoms with Crippen LogP contribution in [0.1, 0.15) is 18.6 Å². The molecule has 2 aliphatic rings. The maximum Gasteiger partial charge on any atom is 0.236 e. The van der Waals surface area contributed by atoms with Gasteiger partial charge in [0.25, 0.3) is 0 Å². The van der Waals surface area contributed by atoms with Crippen molar-refractivity contribution in [3.8, 4) is 0 Å². The maximum absolute atomic E-state index is 12.4. The van der Waals surface area contributed by atoms with Crippen molar-refractivity contribution in [3.05, 3.63) is 35.9 Å². The molecule has 6 heteroatoms. The zero-order valence-corrected chi connectivity index (χ0v) is 15.0. The van der Waals surface area contributed by atoms with E-state index in [1.54, 1.807) is 0 Å². The van der Waals surface area contributed by atoms with Crippen molar-refractivity contribution in [2.24, 2.45) is 0 Å². The quantitative estimate of drug-likeness (QED) is 0.845. The van der Waals surface area contributed by atoms with Crippen molar-refractivity contribution in [3.63, 3.8) is 0 Å². The van der Waals surface area contributed by atoms with Gasteiger partial charge in [0.05, 0.1) is 25.9 Å². The molecule has 0 bridgehead atoms. The number of carbonyl (C=O) groups is 1. The summed E-state index contributed by atoms with van der Waals surface area (Å²) in [6.07, 6.45) is -0.467. The number of hydrogen-bond acceptors (Lipinski definition) is 5. The monoisotopic (exact) mass is 347 g/mol. The number of morpholine rings is 1. The number of carbonyl (C=O) groups excluding carboxylic acids is 1. The highest BCUT2D eigenvalue weighted by atomic mass is 16.5. The SMILES string of the molecule is C[C@H]1CN(CC(=O)N2CCOCC2)CCN1C[C@@H](O)c1ccccc1. The number of hydrogen-bond donors (Lipinski definition) is 1. The van der Waals surface area contributed by atoms with Gasteiger partial charge < -0.3 is 14.7 Å². The molecule has 138 valence electrons. The van der Waals surface area contributed by atoms with E-state index in [9.17, 15) is 9.90 Å². The summed E-state index contributed by atoms with van der Waals surface area (Å²) >= 11 is 0. The largest absolute Gasteiger partial charge is 0.387 e. The number of aliphatic hydroxyl groups is 1. The third kappa shape index (κ3) is 5.01. The summed E-state index contributed by atoms with van der Waals surface area (Å²) in [5, 5.41) is 10.4. The lowest BCUT2D eigenvalue weighted by atomic mass is 10.1. The minimum Gasteiger partial charge on any atom is -0.387 e. The molecule has 0 spiro atoms. The normalized spacial score (nSPS) is 24.2. The molecule has 2 saturated heterocycles. The highest BCUT2D eigenvalue weighted by Crippen LogP contribution is 2.18.